The predicted octanol–water partition coefficient (Wildman–Crippen LogP) is 4.09. The zero-order valence-corrected chi connectivity index (χ0v) is 26.8. The van der Waals surface area contributed by atoms with E-state index in [-0.39, 0.29) is 40.1 Å². The molecule has 1 aliphatic carbocycles. The number of carbonyl (C=O) groups excluding carboxylic acids is 2. The molecule has 1 saturated heterocycles. The number of piperidine rings is 1. The summed E-state index contributed by atoms with van der Waals surface area (Å²) in [5.74, 6) is 1.08. The van der Waals surface area contributed by atoms with E-state index in [9.17, 15) is 14.4 Å². The summed E-state index contributed by atoms with van der Waals surface area (Å²) in [4.78, 5) is 39.2. The molecular formula is C33H46N4O6. The van der Waals surface area contributed by atoms with E-state index in [1.165, 1.54) is 6.92 Å². The van der Waals surface area contributed by atoms with Gasteiger partial charge in [-0.2, -0.15) is 0 Å². The number of aryl methyl sites for hydroxylation is 1. The van der Waals surface area contributed by atoms with Crippen LogP contribution in [0.2, 0.25) is 0 Å². The molecule has 0 spiro atoms. The maximum absolute atomic E-state index is 13.7. The van der Waals surface area contributed by atoms with E-state index in [2.05, 4.69) is 49.0 Å². The zero-order chi connectivity index (χ0) is 31.7. The molecule has 2 atom stereocenters. The maximum Gasteiger partial charge on any atom is 0.242 e. The Hall–Kier alpha value is -3.79. The molecule has 0 aromatic heterocycles. The van der Waals surface area contributed by atoms with Crippen molar-refractivity contribution in [3.63, 3.8) is 0 Å². The number of methoxy groups -OCH3 is 3. The van der Waals surface area contributed by atoms with E-state index in [1.807, 2.05) is 12.1 Å². The van der Waals surface area contributed by atoms with Crippen molar-refractivity contribution in [1.82, 2.24) is 16.0 Å². The van der Waals surface area contributed by atoms with Crippen LogP contribution in [0.5, 0.6) is 17.2 Å². The van der Waals surface area contributed by atoms with Gasteiger partial charge in [0.1, 0.15) is 6.04 Å². The van der Waals surface area contributed by atoms with Gasteiger partial charge in [0, 0.05) is 29.6 Å². The average molecular weight is 595 g/mol. The van der Waals surface area contributed by atoms with Gasteiger partial charge in [0.25, 0.3) is 0 Å². The Morgan fingerprint density at radius 1 is 0.953 bits per heavy atom. The molecular weight excluding hydrogens is 548 g/mol. The van der Waals surface area contributed by atoms with Gasteiger partial charge in [0.05, 0.1) is 33.1 Å². The van der Waals surface area contributed by atoms with Crippen molar-refractivity contribution in [1.29, 1.82) is 0 Å². The first-order chi connectivity index (χ1) is 20.2. The van der Waals surface area contributed by atoms with Crippen LogP contribution in [0.15, 0.2) is 29.1 Å². The minimum absolute atomic E-state index is 0.00650. The second-order valence-electron chi connectivity index (χ2n) is 13.0. The van der Waals surface area contributed by atoms with Crippen LogP contribution in [0.4, 0.5) is 5.69 Å². The molecule has 0 radical (unpaired) electrons. The summed E-state index contributed by atoms with van der Waals surface area (Å²) in [6, 6.07) is 5.93. The summed E-state index contributed by atoms with van der Waals surface area (Å²) in [6.07, 6.45) is 2.77. The van der Waals surface area contributed by atoms with Gasteiger partial charge >= 0.3 is 0 Å². The maximum atomic E-state index is 13.7. The number of ether oxygens (including phenoxy) is 3. The highest BCUT2D eigenvalue weighted by Crippen LogP contribution is 2.50. The van der Waals surface area contributed by atoms with E-state index in [1.54, 1.807) is 40.4 Å². The van der Waals surface area contributed by atoms with Gasteiger partial charge in [0.2, 0.25) is 23.0 Å². The van der Waals surface area contributed by atoms with E-state index in [0.29, 0.717) is 35.7 Å². The molecule has 4 N–H and O–H groups in total. The van der Waals surface area contributed by atoms with E-state index < -0.39 is 12.1 Å². The Morgan fingerprint density at radius 2 is 1.60 bits per heavy atom. The van der Waals surface area contributed by atoms with Crippen LogP contribution in [-0.4, -0.2) is 56.3 Å². The lowest BCUT2D eigenvalue weighted by Gasteiger charge is -2.46. The van der Waals surface area contributed by atoms with Crippen LogP contribution in [-0.2, 0) is 16.0 Å². The number of fused-ring (bicyclic) bond motifs is 3. The Bertz CT molecular complexity index is 1440. The van der Waals surface area contributed by atoms with Crippen LogP contribution in [0.1, 0.15) is 78.0 Å². The highest BCUT2D eigenvalue weighted by atomic mass is 16.5. The largest absolute Gasteiger partial charge is 0.493 e. The summed E-state index contributed by atoms with van der Waals surface area (Å²) in [5.41, 5.74) is 2.87. The minimum Gasteiger partial charge on any atom is -0.493 e. The van der Waals surface area contributed by atoms with Crippen molar-refractivity contribution < 1.29 is 23.8 Å². The number of anilines is 1. The number of carbonyl (C=O) groups is 2. The fourth-order valence-electron chi connectivity index (χ4n) is 6.88. The van der Waals surface area contributed by atoms with Crippen molar-refractivity contribution in [2.75, 3.05) is 26.6 Å². The molecule has 2 aliphatic rings. The van der Waals surface area contributed by atoms with Crippen LogP contribution >= 0.6 is 0 Å². The smallest absolute Gasteiger partial charge is 0.242 e. The van der Waals surface area contributed by atoms with E-state index >= 15 is 0 Å². The number of nitrogens with one attached hydrogen (secondary N) is 4. The molecule has 4 rings (SSSR count). The Labute approximate surface area is 254 Å². The van der Waals surface area contributed by atoms with Gasteiger partial charge < -0.3 is 35.5 Å². The third kappa shape index (κ3) is 7.06. The second-order valence-corrected chi connectivity index (χ2v) is 13.0. The number of benzene rings is 1. The normalized spacial score (nSPS) is 19.5. The topological polar surface area (TPSA) is 127 Å². The summed E-state index contributed by atoms with van der Waals surface area (Å²) < 4.78 is 17.1. The Kier molecular flexibility index (Phi) is 9.30. The number of rotatable bonds is 8. The Morgan fingerprint density at radius 3 is 2.19 bits per heavy atom. The number of hydrogen-bond donors (Lipinski definition) is 4. The lowest BCUT2D eigenvalue weighted by Crippen LogP contribution is -2.62. The molecule has 0 saturated carbocycles. The van der Waals surface area contributed by atoms with Gasteiger partial charge in [-0.25, -0.2) is 0 Å². The van der Waals surface area contributed by atoms with Crippen molar-refractivity contribution in [3.8, 4) is 28.4 Å². The fourth-order valence-corrected chi connectivity index (χ4v) is 6.88. The van der Waals surface area contributed by atoms with E-state index in [4.69, 9.17) is 14.2 Å². The van der Waals surface area contributed by atoms with Gasteiger partial charge in [-0.1, -0.05) is 6.07 Å². The van der Waals surface area contributed by atoms with Crippen LogP contribution in [0, 0.1) is 0 Å². The zero-order valence-electron chi connectivity index (χ0n) is 26.8. The lowest BCUT2D eigenvalue weighted by molar-refractivity contribution is -0.123. The summed E-state index contributed by atoms with van der Waals surface area (Å²) in [5, 5.41) is 13.0. The molecule has 1 heterocycles. The quantitative estimate of drug-likeness (QED) is 0.360. The van der Waals surface area contributed by atoms with Crippen LogP contribution < -0.4 is 40.9 Å². The molecule has 10 nitrogen and oxygen atoms in total. The highest BCUT2D eigenvalue weighted by molar-refractivity contribution is 5.86. The van der Waals surface area contributed by atoms with Gasteiger partial charge in [-0.15, -0.1) is 0 Å². The third-order valence-corrected chi connectivity index (χ3v) is 8.22. The standard InChI is InChI=1S/C33H46N4O6/c1-18(31(40)36-21-16-32(3,4)37-33(5,6)17-21)34-25-13-11-22-23(15-26(25)39)24(35-19(2)38)12-10-20-14-27(41-7)29(42-8)30(43-9)28(20)22/h11,13-15,18,21,24,37H,10,12,16-17H2,1-9H3,(H,34,39)(H,35,38)(H,36,40)/t18-,24-/m1/s1. The van der Waals surface area contributed by atoms with Crippen molar-refractivity contribution in [2.24, 2.45) is 0 Å². The SMILES string of the molecule is COc1cc2c(c(OC)c1OC)-c1ccc(N[C@H](C)C(=O)NC3CC(C)(C)NC(C)(C)C3)c(=O)cc1[C@H](NC(C)=O)CC2. The van der Waals surface area contributed by atoms with Crippen LogP contribution in [0.3, 0.4) is 0 Å². The molecule has 234 valence electrons. The molecule has 43 heavy (non-hydrogen) atoms. The first kappa shape index (κ1) is 32.1. The first-order valence-electron chi connectivity index (χ1n) is 14.8. The molecule has 2 aromatic carbocycles. The summed E-state index contributed by atoms with van der Waals surface area (Å²) >= 11 is 0. The second kappa shape index (κ2) is 12.4. The number of amides is 2. The van der Waals surface area contributed by atoms with Crippen molar-refractivity contribution in [3.05, 3.63) is 45.6 Å². The average Bonchev–Trinajstić information content (AvgIpc) is 3.14. The fraction of sp³-hybridized carbons (Fsp3) is 0.545. The molecule has 0 unspecified atom stereocenters. The molecule has 1 fully saturated rings. The van der Waals surface area contributed by atoms with Crippen molar-refractivity contribution >= 4 is 17.5 Å². The predicted molar refractivity (Wildman–Crippen MR) is 168 cm³/mol. The van der Waals surface area contributed by atoms with Gasteiger partial charge in [-0.3, -0.25) is 14.4 Å². The van der Waals surface area contributed by atoms with Gasteiger partial charge in [0.15, 0.2) is 11.5 Å². The first-order valence-corrected chi connectivity index (χ1v) is 14.8. The highest BCUT2D eigenvalue weighted by Gasteiger charge is 2.38. The van der Waals surface area contributed by atoms with Crippen molar-refractivity contribution in [2.45, 2.75) is 96.4 Å². The summed E-state index contributed by atoms with van der Waals surface area (Å²) in [7, 11) is 4.68. The molecule has 0 bridgehead atoms. The monoisotopic (exact) mass is 594 g/mol. The van der Waals surface area contributed by atoms with Crippen LogP contribution in [0.25, 0.3) is 11.1 Å². The lowest BCUT2D eigenvalue weighted by atomic mass is 9.79. The van der Waals surface area contributed by atoms with Gasteiger partial charge in [-0.05, 0) is 95.2 Å². The molecule has 1 aliphatic heterocycles. The summed E-state index contributed by atoms with van der Waals surface area (Å²) in [6.45, 7) is 11.8. The number of hydrogen-bond acceptors (Lipinski definition) is 8. The molecule has 2 amide bonds. The minimum atomic E-state index is -0.659. The Balaban J connectivity index is 1.73. The van der Waals surface area contributed by atoms with E-state index in [0.717, 1.165) is 29.5 Å². The third-order valence-electron chi connectivity index (χ3n) is 8.22. The molecule has 10 heteroatoms. The molecule has 2 aromatic rings.